The lowest BCUT2D eigenvalue weighted by molar-refractivity contribution is -0.123. The predicted molar refractivity (Wildman–Crippen MR) is 84.2 cm³/mol. The number of fused-ring (bicyclic) bond motifs is 6. The molecule has 0 spiro atoms. The van der Waals surface area contributed by atoms with Crippen molar-refractivity contribution in [3.63, 3.8) is 0 Å². The van der Waals surface area contributed by atoms with Gasteiger partial charge in [0.1, 0.15) is 0 Å². The molecule has 0 radical (unpaired) electrons. The third-order valence-corrected chi connectivity index (χ3v) is 5.48. The Morgan fingerprint density at radius 1 is 0.818 bits per heavy atom. The zero-order valence-corrected chi connectivity index (χ0v) is 12.0. The Bertz CT molecular complexity index is 818. The summed E-state index contributed by atoms with van der Waals surface area (Å²) in [6.45, 7) is 0. The van der Waals surface area contributed by atoms with Crippen LogP contribution in [0.5, 0.6) is 0 Å². The van der Waals surface area contributed by atoms with Crippen molar-refractivity contribution >= 4 is 28.3 Å². The van der Waals surface area contributed by atoms with Gasteiger partial charge in [0.25, 0.3) is 0 Å². The van der Waals surface area contributed by atoms with E-state index < -0.39 is 0 Å². The van der Waals surface area contributed by atoms with E-state index in [0.717, 1.165) is 22.9 Å². The summed E-state index contributed by atoms with van der Waals surface area (Å²) in [5.41, 5.74) is 0.738. The highest BCUT2D eigenvalue weighted by Crippen LogP contribution is 2.53. The molecule has 2 fully saturated rings. The molecule has 1 saturated heterocycles. The standard InChI is InChI=1S/C19H15NO2/c21-18-16-12-8-9-13(10-12)17(16)19(22)20(18)15-7-3-5-11-4-1-2-6-14(11)15/h1-9,12-13,16-17H,10H2/t12-,13+,16-,17-/m0/s1. The zero-order chi connectivity index (χ0) is 14.8. The summed E-state index contributed by atoms with van der Waals surface area (Å²) in [5.74, 6) is 0.215. The highest BCUT2D eigenvalue weighted by molar-refractivity contribution is 6.25. The van der Waals surface area contributed by atoms with E-state index in [1.807, 2.05) is 42.5 Å². The molecule has 1 heterocycles. The molecule has 22 heavy (non-hydrogen) atoms. The fourth-order valence-electron chi connectivity index (χ4n) is 4.54. The lowest BCUT2D eigenvalue weighted by Gasteiger charge is -2.19. The normalized spacial score (nSPS) is 32.3. The summed E-state index contributed by atoms with van der Waals surface area (Å²) in [4.78, 5) is 27.3. The van der Waals surface area contributed by atoms with Crippen molar-refractivity contribution in [3.8, 4) is 0 Å². The Hall–Kier alpha value is -2.42. The maximum atomic E-state index is 12.9. The van der Waals surface area contributed by atoms with Gasteiger partial charge in [0.2, 0.25) is 11.8 Å². The molecule has 2 aromatic rings. The van der Waals surface area contributed by atoms with Gasteiger partial charge in [-0.3, -0.25) is 9.59 Å². The molecular weight excluding hydrogens is 274 g/mol. The second-order valence-electron chi connectivity index (χ2n) is 6.51. The summed E-state index contributed by atoms with van der Waals surface area (Å²) in [6.07, 6.45) is 5.23. The fraction of sp³-hybridized carbons (Fsp3) is 0.263. The van der Waals surface area contributed by atoms with Crippen LogP contribution in [0.4, 0.5) is 5.69 Å². The van der Waals surface area contributed by atoms with Crippen molar-refractivity contribution in [2.24, 2.45) is 23.7 Å². The van der Waals surface area contributed by atoms with Gasteiger partial charge in [-0.25, -0.2) is 4.90 Å². The van der Waals surface area contributed by atoms with E-state index >= 15 is 0 Å². The molecule has 0 unspecified atom stereocenters. The lowest BCUT2D eigenvalue weighted by Crippen LogP contribution is -2.33. The number of anilines is 1. The van der Waals surface area contributed by atoms with Crippen LogP contribution in [0.1, 0.15) is 6.42 Å². The molecule has 108 valence electrons. The predicted octanol–water partition coefficient (Wildman–Crippen LogP) is 3.15. The number of carbonyl (C=O) groups excluding carboxylic acids is 2. The van der Waals surface area contributed by atoms with Gasteiger partial charge in [0, 0.05) is 5.39 Å². The Morgan fingerprint density at radius 2 is 1.45 bits per heavy atom. The first-order valence-electron chi connectivity index (χ1n) is 7.79. The molecule has 2 aromatic carbocycles. The molecule has 0 N–H and O–H groups in total. The molecule has 0 aromatic heterocycles. The molecule has 2 amide bonds. The number of hydrogen-bond acceptors (Lipinski definition) is 2. The average molecular weight is 289 g/mol. The Morgan fingerprint density at radius 3 is 2.18 bits per heavy atom. The van der Waals surface area contributed by atoms with Crippen LogP contribution in [0.15, 0.2) is 54.6 Å². The van der Waals surface area contributed by atoms with Gasteiger partial charge in [-0.1, -0.05) is 48.6 Å². The van der Waals surface area contributed by atoms with Crippen molar-refractivity contribution in [2.45, 2.75) is 6.42 Å². The Balaban J connectivity index is 1.67. The molecule has 3 nitrogen and oxygen atoms in total. The van der Waals surface area contributed by atoms with Gasteiger partial charge >= 0.3 is 0 Å². The van der Waals surface area contributed by atoms with E-state index in [1.165, 1.54) is 4.90 Å². The van der Waals surface area contributed by atoms with Gasteiger partial charge in [-0.2, -0.15) is 0 Å². The van der Waals surface area contributed by atoms with Crippen LogP contribution in [-0.4, -0.2) is 11.8 Å². The van der Waals surface area contributed by atoms with Crippen LogP contribution >= 0.6 is 0 Å². The number of allylic oxidation sites excluding steroid dienone is 2. The first-order valence-corrected chi connectivity index (χ1v) is 7.79. The van der Waals surface area contributed by atoms with Crippen molar-refractivity contribution < 1.29 is 9.59 Å². The minimum atomic E-state index is -0.138. The summed E-state index contributed by atoms with van der Waals surface area (Å²) in [6, 6.07) is 13.7. The van der Waals surface area contributed by atoms with E-state index in [-0.39, 0.29) is 35.5 Å². The third-order valence-electron chi connectivity index (χ3n) is 5.48. The molecule has 3 aliphatic rings. The third kappa shape index (κ3) is 1.36. The van der Waals surface area contributed by atoms with E-state index in [9.17, 15) is 9.59 Å². The SMILES string of the molecule is O=C1[C@@H]2[C@@H](C(=O)N1c1cccc3ccccc13)[C@H]1C=C[C@@H]2C1. The molecule has 2 bridgehead atoms. The van der Waals surface area contributed by atoms with E-state index in [0.29, 0.717) is 0 Å². The van der Waals surface area contributed by atoms with Crippen LogP contribution in [0, 0.1) is 23.7 Å². The van der Waals surface area contributed by atoms with Crippen molar-refractivity contribution in [1.82, 2.24) is 0 Å². The van der Waals surface area contributed by atoms with E-state index in [1.54, 1.807) is 0 Å². The van der Waals surface area contributed by atoms with Crippen molar-refractivity contribution in [3.05, 3.63) is 54.6 Å². The molecule has 2 aliphatic carbocycles. The van der Waals surface area contributed by atoms with Gasteiger partial charge in [0.05, 0.1) is 17.5 Å². The summed E-state index contributed by atoms with van der Waals surface area (Å²) >= 11 is 0. The molecule has 5 rings (SSSR count). The first-order chi connectivity index (χ1) is 10.8. The smallest absolute Gasteiger partial charge is 0.238 e. The van der Waals surface area contributed by atoms with Crippen LogP contribution < -0.4 is 4.90 Å². The van der Waals surface area contributed by atoms with Crippen LogP contribution in [0.2, 0.25) is 0 Å². The zero-order valence-electron chi connectivity index (χ0n) is 12.0. The number of carbonyl (C=O) groups is 2. The quantitative estimate of drug-likeness (QED) is 0.597. The number of amides is 2. The number of hydrogen-bond donors (Lipinski definition) is 0. The van der Waals surface area contributed by atoms with Crippen LogP contribution in [-0.2, 0) is 9.59 Å². The largest absolute Gasteiger partial charge is 0.274 e. The number of benzene rings is 2. The lowest BCUT2D eigenvalue weighted by atomic mass is 9.85. The number of rotatable bonds is 1. The summed E-state index contributed by atoms with van der Waals surface area (Å²) in [5, 5.41) is 2.02. The summed E-state index contributed by atoms with van der Waals surface area (Å²) < 4.78 is 0. The van der Waals surface area contributed by atoms with Crippen molar-refractivity contribution in [2.75, 3.05) is 4.90 Å². The molecule has 3 heteroatoms. The number of imide groups is 1. The Labute approximate surface area is 128 Å². The fourth-order valence-corrected chi connectivity index (χ4v) is 4.54. The maximum Gasteiger partial charge on any atom is 0.238 e. The average Bonchev–Trinajstić information content (AvgIpc) is 3.21. The topological polar surface area (TPSA) is 37.4 Å². The van der Waals surface area contributed by atoms with E-state index in [2.05, 4.69) is 12.2 Å². The maximum absolute atomic E-state index is 12.9. The monoisotopic (exact) mass is 289 g/mol. The molecular formula is C19H15NO2. The van der Waals surface area contributed by atoms with Crippen LogP contribution in [0.25, 0.3) is 10.8 Å². The van der Waals surface area contributed by atoms with Gasteiger partial charge in [-0.05, 0) is 29.7 Å². The first kappa shape index (κ1) is 12.2. The minimum Gasteiger partial charge on any atom is -0.274 e. The molecule has 1 aliphatic heterocycles. The Kier molecular flexibility index (Phi) is 2.25. The summed E-state index contributed by atoms with van der Waals surface area (Å²) in [7, 11) is 0. The number of nitrogens with zero attached hydrogens (tertiary/aromatic N) is 1. The van der Waals surface area contributed by atoms with Gasteiger partial charge in [0.15, 0.2) is 0 Å². The minimum absolute atomic E-state index is 0.0109. The van der Waals surface area contributed by atoms with Gasteiger partial charge in [-0.15, -0.1) is 0 Å². The molecule has 4 atom stereocenters. The highest BCUT2D eigenvalue weighted by Gasteiger charge is 2.59. The molecule has 1 saturated carbocycles. The second-order valence-corrected chi connectivity index (χ2v) is 6.51. The van der Waals surface area contributed by atoms with E-state index in [4.69, 9.17) is 0 Å². The highest BCUT2D eigenvalue weighted by atomic mass is 16.2. The van der Waals surface area contributed by atoms with Gasteiger partial charge < -0.3 is 0 Å². The van der Waals surface area contributed by atoms with Crippen molar-refractivity contribution in [1.29, 1.82) is 0 Å². The van der Waals surface area contributed by atoms with Crippen LogP contribution in [0.3, 0.4) is 0 Å². The second kappa shape index (κ2) is 4.07.